The van der Waals surface area contributed by atoms with Crippen LogP contribution in [0.15, 0.2) is 170 Å². The second-order valence-electron chi connectivity index (χ2n) is 19.4. The van der Waals surface area contributed by atoms with Gasteiger partial charge in [0.2, 0.25) is 0 Å². The molecule has 0 saturated carbocycles. The van der Waals surface area contributed by atoms with Crippen LogP contribution in [0.25, 0.3) is 61.2 Å². The monoisotopic (exact) mass is 1040 g/mol. The molecule has 0 atom stereocenters. The number of pyridine rings is 1. The average Bonchev–Trinajstić information content (AvgIpc) is 3.85. The van der Waals surface area contributed by atoms with E-state index in [2.05, 4.69) is 232 Å². The van der Waals surface area contributed by atoms with Crippen LogP contribution in [0.5, 0.6) is 11.5 Å². The Bertz CT molecular complexity index is 3370. The van der Waals surface area contributed by atoms with Crippen molar-refractivity contribution in [2.75, 3.05) is 0 Å². The molecule has 3 aromatic heterocycles. The number of hydrogen-bond acceptors (Lipinski definition) is 2. The summed E-state index contributed by atoms with van der Waals surface area (Å²) in [4.78, 5) is 4.86. The van der Waals surface area contributed by atoms with Crippen molar-refractivity contribution in [1.82, 2.24) is 14.1 Å². The standard InChI is InChI=1S/C58H52N4OSi.Pt/c1-57(2,3)41-20-16-19-40(35-41)47-26-18-30-54(64(7,8)46-23-10-9-11-24-46)56(47)61-39-60(51-28-14-15-29-52(51)61)43-21-17-22-44(37-43)63-45-31-32-49-48-25-12-13-27-50(48)62(53(49)38-45)55-36-42(33-34-59-55)58(4,5)6;/h9-36H,1-8H3;/q-2;. The fourth-order valence-electron chi connectivity index (χ4n) is 9.01. The molecular formula is C58H52N4OPtSi-2. The molecule has 0 amide bonds. The predicted molar refractivity (Wildman–Crippen MR) is 266 cm³/mol. The topological polar surface area (TPSA) is 35.9 Å². The second-order valence-corrected chi connectivity index (χ2v) is 23.7. The van der Waals surface area contributed by atoms with Crippen LogP contribution >= 0.6 is 0 Å². The van der Waals surface area contributed by atoms with E-state index in [1.54, 1.807) is 0 Å². The van der Waals surface area contributed by atoms with Gasteiger partial charge in [0.1, 0.15) is 13.9 Å². The number of imidazole rings is 1. The van der Waals surface area contributed by atoms with Crippen LogP contribution in [0.3, 0.4) is 0 Å². The Labute approximate surface area is 398 Å². The van der Waals surface area contributed by atoms with Crippen LogP contribution in [0.1, 0.15) is 52.7 Å². The molecule has 326 valence electrons. The average molecular weight is 1040 g/mol. The zero-order chi connectivity index (χ0) is 44.4. The molecule has 5 nitrogen and oxygen atoms in total. The number of benzene rings is 7. The number of nitrogens with zero attached hydrogens (tertiary/aromatic N) is 4. The van der Waals surface area contributed by atoms with Gasteiger partial charge in [0.15, 0.2) is 0 Å². The summed E-state index contributed by atoms with van der Waals surface area (Å²) < 4.78 is 13.3. The van der Waals surface area contributed by atoms with Crippen molar-refractivity contribution < 1.29 is 30.4 Å². The van der Waals surface area contributed by atoms with Crippen molar-refractivity contribution in [3.05, 3.63) is 200 Å². The van der Waals surface area contributed by atoms with Crippen LogP contribution in [0, 0.1) is 18.5 Å². The van der Waals surface area contributed by atoms with Crippen molar-refractivity contribution >= 4 is 51.3 Å². The maximum absolute atomic E-state index is 6.67. The Morgan fingerprint density at radius 2 is 1.28 bits per heavy atom. The van der Waals surface area contributed by atoms with Gasteiger partial charge >= 0.3 is 0 Å². The molecule has 65 heavy (non-hydrogen) atoms. The van der Waals surface area contributed by atoms with Gasteiger partial charge in [-0.25, -0.2) is 4.98 Å². The summed E-state index contributed by atoms with van der Waals surface area (Å²) in [6.07, 6.45) is 5.76. The van der Waals surface area contributed by atoms with Crippen molar-refractivity contribution in [3.8, 4) is 39.8 Å². The summed E-state index contributed by atoms with van der Waals surface area (Å²) in [6, 6.07) is 65.6. The molecule has 0 bridgehead atoms. The summed E-state index contributed by atoms with van der Waals surface area (Å²) in [5.41, 5.74) is 10.9. The maximum atomic E-state index is 6.67. The van der Waals surface area contributed by atoms with E-state index in [1.165, 1.54) is 32.6 Å². The predicted octanol–water partition coefficient (Wildman–Crippen LogP) is 12.7. The molecule has 0 aliphatic heterocycles. The van der Waals surface area contributed by atoms with Crippen molar-refractivity contribution in [2.45, 2.75) is 65.5 Å². The number of ether oxygens (including phenoxy) is 1. The molecular weight excluding hydrogens is 992 g/mol. The number of hydrogen-bond donors (Lipinski definition) is 0. The molecule has 7 heteroatoms. The maximum Gasteiger partial charge on any atom is 0.268 e. The first-order valence-electron chi connectivity index (χ1n) is 22.1. The van der Waals surface area contributed by atoms with Gasteiger partial charge in [-0.2, -0.15) is 18.2 Å². The van der Waals surface area contributed by atoms with E-state index < -0.39 is 8.07 Å². The van der Waals surface area contributed by atoms with Gasteiger partial charge < -0.3 is 13.9 Å². The van der Waals surface area contributed by atoms with E-state index in [1.807, 2.05) is 24.4 Å². The van der Waals surface area contributed by atoms with Gasteiger partial charge in [-0.1, -0.05) is 181 Å². The summed E-state index contributed by atoms with van der Waals surface area (Å²) in [5.74, 6) is 2.03. The van der Waals surface area contributed by atoms with Crippen LogP contribution in [0.4, 0.5) is 0 Å². The first kappa shape index (κ1) is 43.9. The third-order valence-corrected chi connectivity index (χ3v) is 16.2. The van der Waals surface area contributed by atoms with E-state index in [9.17, 15) is 0 Å². The molecule has 0 fully saturated rings. The molecule has 10 rings (SSSR count). The largest absolute Gasteiger partial charge is 0.510 e. The smallest absolute Gasteiger partial charge is 0.268 e. The van der Waals surface area contributed by atoms with Crippen LogP contribution in [-0.4, -0.2) is 22.2 Å². The Balaban J connectivity index is 0.00000533. The second kappa shape index (κ2) is 16.9. The zero-order valence-corrected chi connectivity index (χ0v) is 41.5. The van der Waals surface area contributed by atoms with Gasteiger partial charge in [-0.05, 0) is 67.5 Å². The van der Waals surface area contributed by atoms with Crippen molar-refractivity contribution in [1.29, 1.82) is 0 Å². The fourth-order valence-corrected chi connectivity index (χ4v) is 11.7. The molecule has 3 heterocycles. The number of fused-ring (bicyclic) bond motifs is 4. The third kappa shape index (κ3) is 8.08. The molecule has 7 aromatic carbocycles. The molecule has 0 unspecified atom stereocenters. The van der Waals surface area contributed by atoms with Gasteiger partial charge in [0.25, 0.3) is 6.33 Å². The Morgan fingerprint density at radius 1 is 0.600 bits per heavy atom. The molecule has 0 N–H and O–H groups in total. The summed E-state index contributed by atoms with van der Waals surface area (Å²) in [7, 11) is -2.26. The molecule has 0 saturated heterocycles. The van der Waals surface area contributed by atoms with Gasteiger partial charge in [-0.15, -0.1) is 29.7 Å². The zero-order valence-electron chi connectivity index (χ0n) is 38.2. The Hall–Kier alpha value is -6.33. The number of aromatic nitrogens is 4. The quantitative estimate of drug-likeness (QED) is 0.0864. The SMILES string of the molecule is CC(C)(C)c1cccc(-c2cccc([Si](C)(C)c3ccccc3)c2-[n+]2[c-]n(-c3[c-]c(Oc4[c-]c5c(cc4)c4ccccc4n5-c4cc(C(C)(C)C)ccn4)ccc3)c3ccccc32)c1.[Pt]. The van der Waals surface area contributed by atoms with Gasteiger partial charge in [0, 0.05) is 44.3 Å². The van der Waals surface area contributed by atoms with Gasteiger partial charge in [-0.3, -0.25) is 4.57 Å². The summed E-state index contributed by atoms with van der Waals surface area (Å²) >= 11 is 0. The normalized spacial score (nSPS) is 12.2. The first-order chi connectivity index (χ1) is 30.8. The third-order valence-electron chi connectivity index (χ3n) is 12.6. The molecule has 10 aromatic rings. The van der Waals surface area contributed by atoms with E-state index in [0.717, 1.165) is 50.0 Å². The number of rotatable bonds is 8. The van der Waals surface area contributed by atoms with Crippen LogP contribution in [-0.2, 0) is 31.9 Å². The van der Waals surface area contributed by atoms with Crippen molar-refractivity contribution in [3.63, 3.8) is 0 Å². The summed E-state index contributed by atoms with van der Waals surface area (Å²) in [5, 5.41) is 4.95. The molecule has 0 radical (unpaired) electrons. The van der Waals surface area contributed by atoms with Crippen LogP contribution < -0.4 is 19.7 Å². The summed E-state index contributed by atoms with van der Waals surface area (Å²) in [6.45, 7) is 18.4. The minimum absolute atomic E-state index is 0. The molecule has 0 aliphatic rings. The first-order valence-corrected chi connectivity index (χ1v) is 25.1. The van der Waals surface area contributed by atoms with E-state index in [0.29, 0.717) is 11.5 Å². The Morgan fingerprint density at radius 3 is 2.06 bits per heavy atom. The minimum atomic E-state index is -2.26. The fraction of sp³-hybridized carbons (Fsp3) is 0.172. The van der Waals surface area contributed by atoms with E-state index in [-0.39, 0.29) is 31.9 Å². The van der Waals surface area contributed by atoms with E-state index in [4.69, 9.17) is 9.72 Å². The van der Waals surface area contributed by atoms with Gasteiger partial charge in [0.05, 0.1) is 16.7 Å². The molecule has 0 spiro atoms. The van der Waals surface area contributed by atoms with Crippen molar-refractivity contribution in [2.24, 2.45) is 0 Å². The van der Waals surface area contributed by atoms with E-state index >= 15 is 0 Å². The number of para-hydroxylation sites is 4. The Kier molecular flexibility index (Phi) is 11.4. The van der Waals surface area contributed by atoms with Crippen LogP contribution in [0.2, 0.25) is 13.1 Å². The minimum Gasteiger partial charge on any atom is -0.510 e. The molecule has 0 aliphatic carbocycles.